The van der Waals surface area contributed by atoms with Crippen LogP contribution >= 0.6 is 27.5 Å². The summed E-state index contributed by atoms with van der Waals surface area (Å²) < 4.78 is 23.7. The molecule has 1 aromatic heterocycles. The van der Waals surface area contributed by atoms with Gasteiger partial charge in [0.2, 0.25) is 5.88 Å². The van der Waals surface area contributed by atoms with E-state index in [0.29, 0.717) is 17.6 Å². The summed E-state index contributed by atoms with van der Waals surface area (Å²) >= 11 is 3.93. The van der Waals surface area contributed by atoms with Gasteiger partial charge in [-0.05, 0) is 37.8 Å². The zero-order valence-corrected chi connectivity index (χ0v) is 17.0. The normalized spacial score (nSPS) is 10.7. The van der Waals surface area contributed by atoms with Crippen molar-refractivity contribution in [3.63, 3.8) is 0 Å². The SMILES string of the molecule is CN(C)CCNC(=O)Nc1snc(OCc2ccc(Br)cc2F)c1C(=O)O. The van der Waals surface area contributed by atoms with E-state index in [-0.39, 0.29) is 28.6 Å². The Bertz CT molecular complexity index is 831. The Morgan fingerprint density at radius 3 is 2.78 bits per heavy atom. The van der Waals surface area contributed by atoms with Crippen LogP contribution in [0.1, 0.15) is 15.9 Å². The van der Waals surface area contributed by atoms with E-state index >= 15 is 0 Å². The first-order valence-electron chi connectivity index (χ1n) is 7.77. The molecule has 0 bridgehead atoms. The number of urea groups is 1. The van der Waals surface area contributed by atoms with E-state index in [1.807, 2.05) is 19.0 Å². The summed E-state index contributed by atoms with van der Waals surface area (Å²) in [5.41, 5.74) is -0.0289. The van der Waals surface area contributed by atoms with Gasteiger partial charge in [-0.15, -0.1) is 0 Å². The summed E-state index contributed by atoms with van der Waals surface area (Å²) in [5.74, 6) is -1.98. The summed E-state index contributed by atoms with van der Waals surface area (Å²) in [6.07, 6.45) is 0. The number of carbonyl (C=O) groups excluding carboxylic acids is 1. The van der Waals surface area contributed by atoms with E-state index in [2.05, 4.69) is 30.9 Å². The van der Waals surface area contributed by atoms with Crippen LogP contribution in [-0.2, 0) is 6.61 Å². The van der Waals surface area contributed by atoms with Crippen LogP contribution in [0.5, 0.6) is 5.88 Å². The van der Waals surface area contributed by atoms with Crippen molar-refractivity contribution in [2.45, 2.75) is 6.61 Å². The van der Waals surface area contributed by atoms with Crippen LogP contribution in [0.4, 0.5) is 14.2 Å². The number of anilines is 1. The lowest BCUT2D eigenvalue weighted by Crippen LogP contribution is -2.34. The fraction of sp³-hybridized carbons (Fsp3) is 0.312. The van der Waals surface area contributed by atoms with Crippen LogP contribution in [-0.4, -0.2) is 53.6 Å². The fourth-order valence-electron chi connectivity index (χ4n) is 1.97. The van der Waals surface area contributed by atoms with Crippen LogP contribution in [0.25, 0.3) is 0 Å². The minimum absolute atomic E-state index is 0.0381. The number of nitrogens with one attached hydrogen (secondary N) is 2. The highest BCUT2D eigenvalue weighted by Gasteiger charge is 2.23. The predicted molar refractivity (Wildman–Crippen MR) is 103 cm³/mol. The Morgan fingerprint density at radius 2 is 2.15 bits per heavy atom. The van der Waals surface area contributed by atoms with Crippen molar-refractivity contribution in [2.24, 2.45) is 0 Å². The summed E-state index contributed by atoms with van der Waals surface area (Å²) in [7, 11) is 3.73. The maximum absolute atomic E-state index is 13.9. The van der Waals surface area contributed by atoms with Crippen molar-refractivity contribution in [2.75, 3.05) is 32.5 Å². The number of aromatic carboxylic acids is 1. The van der Waals surface area contributed by atoms with Crippen molar-refractivity contribution < 1.29 is 23.8 Å². The lowest BCUT2D eigenvalue weighted by atomic mass is 10.2. The molecule has 0 unspecified atom stereocenters. The molecule has 0 radical (unpaired) electrons. The van der Waals surface area contributed by atoms with Gasteiger partial charge in [0.05, 0.1) is 0 Å². The highest BCUT2D eigenvalue weighted by atomic mass is 79.9. The van der Waals surface area contributed by atoms with Gasteiger partial charge < -0.3 is 20.1 Å². The van der Waals surface area contributed by atoms with Gasteiger partial charge in [0.15, 0.2) is 5.56 Å². The van der Waals surface area contributed by atoms with Gasteiger partial charge in [-0.3, -0.25) is 5.32 Å². The number of ether oxygens (including phenoxy) is 1. The molecule has 146 valence electrons. The molecule has 1 heterocycles. The third-order valence-electron chi connectivity index (χ3n) is 3.33. The summed E-state index contributed by atoms with van der Waals surface area (Å²) in [4.78, 5) is 25.3. The fourth-order valence-corrected chi connectivity index (χ4v) is 3.03. The van der Waals surface area contributed by atoms with E-state index < -0.39 is 17.8 Å². The molecular weight excluding hydrogens is 443 g/mol. The number of benzene rings is 1. The number of carboxylic acid groups (broad SMARTS) is 1. The molecule has 0 saturated heterocycles. The van der Waals surface area contributed by atoms with Crippen LogP contribution < -0.4 is 15.4 Å². The number of aromatic nitrogens is 1. The highest BCUT2D eigenvalue weighted by Crippen LogP contribution is 2.31. The number of nitrogens with zero attached hydrogens (tertiary/aromatic N) is 2. The molecule has 11 heteroatoms. The number of carboxylic acids is 1. The molecule has 0 aliphatic carbocycles. The van der Waals surface area contributed by atoms with Crippen molar-refractivity contribution >= 4 is 44.5 Å². The molecule has 2 rings (SSSR count). The number of hydrogen-bond acceptors (Lipinski definition) is 6. The summed E-state index contributed by atoms with van der Waals surface area (Å²) in [5, 5.41) is 14.5. The zero-order valence-electron chi connectivity index (χ0n) is 14.6. The lowest BCUT2D eigenvalue weighted by molar-refractivity contribution is 0.0693. The maximum atomic E-state index is 13.9. The largest absolute Gasteiger partial charge is 0.477 e. The van der Waals surface area contributed by atoms with Crippen molar-refractivity contribution in [3.8, 4) is 5.88 Å². The van der Waals surface area contributed by atoms with Gasteiger partial charge in [-0.2, -0.15) is 4.37 Å². The van der Waals surface area contributed by atoms with Crippen molar-refractivity contribution in [3.05, 3.63) is 39.6 Å². The van der Waals surface area contributed by atoms with Gasteiger partial charge >= 0.3 is 12.0 Å². The number of rotatable bonds is 8. The maximum Gasteiger partial charge on any atom is 0.344 e. The van der Waals surface area contributed by atoms with Crippen LogP contribution in [0, 0.1) is 5.82 Å². The topological polar surface area (TPSA) is 104 Å². The standard InChI is InChI=1S/C16H18BrFN4O4S/c1-22(2)6-5-19-16(25)20-14-12(15(23)24)13(21-27-14)26-8-9-3-4-10(17)7-11(9)18/h3-4,7H,5-6,8H2,1-2H3,(H,23,24)(H2,19,20,25). The molecule has 3 N–H and O–H groups in total. The lowest BCUT2D eigenvalue weighted by Gasteiger charge is -2.11. The number of hydrogen-bond donors (Lipinski definition) is 3. The van der Waals surface area contributed by atoms with Gasteiger partial charge in [-0.1, -0.05) is 22.0 Å². The van der Waals surface area contributed by atoms with Crippen LogP contribution in [0.3, 0.4) is 0 Å². The molecule has 0 spiro atoms. The molecule has 1 aromatic carbocycles. The number of carbonyl (C=O) groups is 2. The molecule has 0 aliphatic heterocycles. The Balaban J connectivity index is 2.05. The molecule has 0 atom stereocenters. The van der Waals surface area contributed by atoms with Gasteiger partial charge in [-0.25, -0.2) is 14.0 Å². The van der Waals surface area contributed by atoms with Crippen LogP contribution in [0.15, 0.2) is 22.7 Å². The Hall–Kier alpha value is -2.24. The third kappa shape index (κ3) is 6.15. The van der Waals surface area contributed by atoms with Crippen molar-refractivity contribution in [1.29, 1.82) is 0 Å². The molecule has 27 heavy (non-hydrogen) atoms. The highest BCUT2D eigenvalue weighted by molar-refractivity contribution is 9.10. The molecule has 2 amide bonds. The average molecular weight is 461 g/mol. The second-order valence-electron chi connectivity index (χ2n) is 5.71. The first-order valence-corrected chi connectivity index (χ1v) is 9.34. The van der Waals surface area contributed by atoms with Crippen LogP contribution in [0.2, 0.25) is 0 Å². The van der Waals surface area contributed by atoms with Gasteiger partial charge in [0.25, 0.3) is 0 Å². The zero-order chi connectivity index (χ0) is 20.0. The minimum atomic E-state index is -1.31. The van der Waals surface area contributed by atoms with E-state index in [0.717, 1.165) is 11.5 Å². The molecule has 0 aliphatic rings. The van der Waals surface area contributed by atoms with E-state index in [4.69, 9.17) is 4.74 Å². The number of halogens is 2. The molecule has 2 aromatic rings. The second-order valence-corrected chi connectivity index (χ2v) is 7.39. The van der Waals surface area contributed by atoms with Crippen molar-refractivity contribution in [1.82, 2.24) is 14.6 Å². The van der Waals surface area contributed by atoms with Gasteiger partial charge in [0, 0.05) is 23.1 Å². The first kappa shape index (κ1) is 21.1. The Labute approximate surface area is 167 Å². The molecule has 0 fully saturated rings. The van der Waals surface area contributed by atoms with Gasteiger partial charge in [0.1, 0.15) is 17.4 Å². The summed E-state index contributed by atoms with van der Waals surface area (Å²) in [6, 6.07) is 3.90. The summed E-state index contributed by atoms with van der Waals surface area (Å²) in [6.45, 7) is 0.832. The predicted octanol–water partition coefficient (Wildman–Crippen LogP) is 3.01. The Kier molecular flexibility index (Phi) is 7.51. The smallest absolute Gasteiger partial charge is 0.344 e. The minimum Gasteiger partial charge on any atom is -0.477 e. The second kappa shape index (κ2) is 9.62. The molecule has 0 saturated carbocycles. The first-order chi connectivity index (χ1) is 12.8. The van der Waals surface area contributed by atoms with E-state index in [1.54, 1.807) is 6.07 Å². The quantitative estimate of drug-likeness (QED) is 0.559. The van der Waals surface area contributed by atoms with E-state index in [9.17, 15) is 19.1 Å². The number of likely N-dealkylation sites (N-methyl/N-ethyl adjacent to an activating group) is 1. The van der Waals surface area contributed by atoms with E-state index in [1.165, 1.54) is 12.1 Å². The third-order valence-corrected chi connectivity index (χ3v) is 4.56. The monoisotopic (exact) mass is 460 g/mol. The Morgan fingerprint density at radius 1 is 1.41 bits per heavy atom. The molecular formula is C16H18BrFN4O4S. The molecule has 8 nitrogen and oxygen atoms in total. The average Bonchev–Trinajstić information content (AvgIpc) is 2.96. The number of amides is 2.